The zero-order chi connectivity index (χ0) is 11.5. The van der Waals surface area contributed by atoms with E-state index in [0.29, 0.717) is 0 Å². The topological polar surface area (TPSA) is 50.2 Å². The van der Waals surface area contributed by atoms with Crippen LogP contribution in [0.5, 0.6) is 0 Å². The van der Waals surface area contributed by atoms with Crippen molar-refractivity contribution in [3.8, 4) is 0 Å². The highest BCUT2D eigenvalue weighted by Crippen LogP contribution is 2.20. The van der Waals surface area contributed by atoms with Crippen LogP contribution in [0.2, 0.25) is 0 Å². The Morgan fingerprint density at radius 2 is 1.93 bits per heavy atom. The van der Waals surface area contributed by atoms with Crippen molar-refractivity contribution in [2.75, 3.05) is 0 Å². The number of ketones is 1. The smallest absolute Gasteiger partial charge is 0.166 e. The molecule has 0 aliphatic rings. The quantitative estimate of drug-likeness (QED) is 0.819. The Morgan fingerprint density at radius 1 is 1.40 bits per heavy atom. The molecule has 1 rings (SSSR count). The zero-order valence-corrected chi connectivity index (χ0v) is 9.40. The van der Waals surface area contributed by atoms with Gasteiger partial charge in [-0.1, -0.05) is 20.8 Å². The minimum absolute atomic E-state index is 0.145. The summed E-state index contributed by atoms with van der Waals surface area (Å²) in [5.74, 6) is -0.145. The lowest BCUT2D eigenvalue weighted by molar-refractivity contribution is -0.131. The van der Waals surface area contributed by atoms with Crippen LogP contribution in [0, 0.1) is 5.41 Å². The number of hydrogen-bond donors (Lipinski definition) is 1. The van der Waals surface area contributed by atoms with Crippen LogP contribution < -0.4 is 0 Å². The molecule has 0 aliphatic heterocycles. The van der Waals surface area contributed by atoms with Crippen molar-refractivity contribution in [1.82, 2.24) is 4.98 Å². The second-order valence-corrected chi connectivity index (χ2v) is 4.77. The molecule has 0 aliphatic carbocycles. The van der Waals surface area contributed by atoms with E-state index in [1.165, 1.54) is 0 Å². The van der Waals surface area contributed by atoms with Crippen LogP contribution in [-0.2, 0) is 11.2 Å². The summed E-state index contributed by atoms with van der Waals surface area (Å²) in [6, 6.07) is 3.57. The Balaban J connectivity index is 2.65. The number of carbonyl (C=O) groups is 1. The molecule has 1 unspecified atom stereocenters. The van der Waals surface area contributed by atoms with E-state index < -0.39 is 11.5 Å². The molecule has 1 N–H and O–H groups in total. The lowest BCUT2D eigenvalue weighted by Gasteiger charge is -2.24. The van der Waals surface area contributed by atoms with E-state index in [0.717, 1.165) is 5.56 Å². The van der Waals surface area contributed by atoms with Gasteiger partial charge in [-0.2, -0.15) is 0 Å². The Hall–Kier alpha value is -1.22. The number of carbonyl (C=O) groups excluding carboxylic acids is 1. The molecule has 0 spiro atoms. The summed E-state index contributed by atoms with van der Waals surface area (Å²) < 4.78 is 0. The van der Waals surface area contributed by atoms with Gasteiger partial charge in [0.05, 0.1) is 0 Å². The van der Waals surface area contributed by atoms with Gasteiger partial charge in [-0.05, 0) is 23.1 Å². The van der Waals surface area contributed by atoms with Gasteiger partial charge in [0.15, 0.2) is 5.78 Å². The van der Waals surface area contributed by atoms with Crippen LogP contribution in [0.4, 0.5) is 0 Å². The van der Waals surface area contributed by atoms with Crippen molar-refractivity contribution in [3.63, 3.8) is 0 Å². The summed E-state index contributed by atoms with van der Waals surface area (Å²) in [5.41, 5.74) is 0.489. The first-order valence-corrected chi connectivity index (χ1v) is 5.01. The molecule has 3 nitrogen and oxygen atoms in total. The van der Waals surface area contributed by atoms with Crippen LogP contribution in [0.3, 0.4) is 0 Å². The van der Waals surface area contributed by atoms with Gasteiger partial charge in [-0.3, -0.25) is 9.78 Å². The number of pyridine rings is 1. The van der Waals surface area contributed by atoms with Crippen LogP contribution >= 0.6 is 0 Å². The van der Waals surface area contributed by atoms with Gasteiger partial charge >= 0.3 is 0 Å². The predicted octanol–water partition coefficient (Wildman–Crippen LogP) is 1.60. The molecule has 1 heterocycles. The van der Waals surface area contributed by atoms with Gasteiger partial charge in [-0.25, -0.2) is 0 Å². The molecule has 0 saturated heterocycles. The third kappa shape index (κ3) is 3.44. The largest absolute Gasteiger partial charge is 0.385 e. The molecule has 0 bridgehead atoms. The monoisotopic (exact) mass is 207 g/mol. The lowest BCUT2D eigenvalue weighted by atomic mass is 9.85. The normalized spacial score (nSPS) is 13.6. The molecule has 1 aromatic rings. The summed E-state index contributed by atoms with van der Waals surface area (Å²) in [5, 5.41) is 9.75. The average molecular weight is 207 g/mol. The SMILES string of the molecule is CC(C)(C)C(O)C(=O)Cc1ccncc1. The van der Waals surface area contributed by atoms with Crippen molar-refractivity contribution in [2.24, 2.45) is 5.41 Å². The van der Waals surface area contributed by atoms with Crippen molar-refractivity contribution in [3.05, 3.63) is 30.1 Å². The number of aliphatic hydroxyl groups is 1. The molecule has 3 heteroatoms. The van der Waals surface area contributed by atoms with Crippen molar-refractivity contribution >= 4 is 5.78 Å². The minimum Gasteiger partial charge on any atom is -0.385 e. The molecule has 0 fully saturated rings. The fourth-order valence-corrected chi connectivity index (χ4v) is 1.28. The lowest BCUT2D eigenvalue weighted by Crippen LogP contribution is -2.35. The molecule has 1 aromatic heterocycles. The van der Waals surface area contributed by atoms with E-state index in [1.807, 2.05) is 20.8 Å². The number of rotatable bonds is 3. The Labute approximate surface area is 90.2 Å². The first kappa shape index (κ1) is 11.9. The Bertz CT molecular complexity index is 327. The fraction of sp³-hybridized carbons (Fsp3) is 0.500. The average Bonchev–Trinajstić information content (AvgIpc) is 2.16. The molecular weight excluding hydrogens is 190 g/mol. The third-order valence-electron chi connectivity index (χ3n) is 2.25. The second-order valence-electron chi connectivity index (χ2n) is 4.77. The highest BCUT2D eigenvalue weighted by molar-refractivity contribution is 5.85. The number of hydrogen-bond acceptors (Lipinski definition) is 3. The summed E-state index contributed by atoms with van der Waals surface area (Å²) in [4.78, 5) is 15.6. The summed E-state index contributed by atoms with van der Waals surface area (Å²) >= 11 is 0. The molecular formula is C12H17NO2. The third-order valence-corrected chi connectivity index (χ3v) is 2.25. The van der Waals surface area contributed by atoms with Gasteiger partial charge in [0.2, 0.25) is 0 Å². The van der Waals surface area contributed by atoms with Gasteiger partial charge < -0.3 is 5.11 Å². The number of aliphatic hydroxyl groups excluding tert-OH is 1. The molecule has 82 valence electrons. The maximum Gasteiger partial charge on any atom is 0.166 e. The van der Waals surface area contributed by atoms with E-state index in [4.69, 9.17) is 0 Å². The number of Topliss-reactive ketones (excluding diaryl/α,β-unsaturated/α-hetero) is 1. The van der Waals surface area contributed by atoms with E-state index in [1.54, 1.807) is 24.5 Å². The van der Waals surface area contributed by atoms with E-state index in [2.05, 4.69) is 4.98 Å². The summed E-state index contributed by atoms with van der Waals surface area (Å²) in [6.07, 6.45) is 2.64. The fourth-order valence-electron chi connectivity index (χ4n) is 1.28. The number of aromatic nitrogens is 1. The van der Waals surface area contributed by atoms with Gasteiger partial charge in [-0.15, -0.1) is 0 Å². The maximum absolute atomic E-state index is 11.7. The van der Waals surface area contributed by atoms with Crippen LogP contribution in [0.1, 0.15) is 26.3 Å². The molecule has 0 saturated carbocycles. The molecule has 0 aromatic carbocycles. The van der Waals surface area contributed by atoms with Crippen LogP contribution in [0.15, 0.2) is 24.5 Å². The van der Waals surface area contributed by atoms with Crippen molar-refractivity contribution < 1.29 is 9.90 Å². The van der Waals surface area contributed by atoms with Gasteiger partial charge in [0, 0.05) is 18.8 Å². The zero-order valence-electron chi connectivity index (χ0n) is 9.40. The Kier molecular flexibility index (Phi) is 3.58. The first-order chi connectivity index (χ1) is 6.91. The van der Waals surface area contributed by atoms with Crippen molar-refractivity contribution in [2.45, 2.75) is 33.3 Å². The highest BCUT2D eigenvalue weighted by atomic mass is 16.3. The molecule has 0 amide bonds. The number of nitrogens with zero attached hydrogens (tertiary/aromatic N) is 1. The van der Waals surface area contributed by atoms with E-state index >= 15 is 0 Å². The van der Waals surface area contributed by atoms with Gasteiger partial charge in [0.1, 0.15) is 6.10 Å². The second kappa shape index (κ2) is 4.53. The van der Waals surface area contributed by atoms with E-state index in [-0.39, 0.29) is 12.2 Å². The molecule has 15 heavy (non-hydrogen) atoms. The highest BCUT2D eigenvalue weighted by Gasteiger charge is 2.28. The summed E-state index contributed by atoms with van der Waals surface area (Å²) in [7, 11) is 0. The molecule has 0 radical (unpaired) electrons. The van der Waals surface area contributed by atoms with Crippen molar-refractivity contribution in [1.29, 1.82) is 0 Å². The standard InChI is InChI=1S/C12H17NO2/c1-12(2,3)11(15)10(14)8-9-4-6-13-7-5-9/h4-7,11,15H,8H2,1-3H3. The summed E-state index contributed by atoms with van der Waals surface area (Å²) in [6.45, 7) is 5.55. The van der Waals surface area contributed by atoms with E-state index in [9.17, 15) is 9.90 Å². The van der Waals surface area contributed by atoms with Gasteiger partial charge in [0.25, 0.3) is 0 Å². The van der Waals surface area contributed by atoms with Crippen LogP contribution in [0.25, 0.3) is 0 Å². The molecule has 1 atom stereocenters. The van der Waals surface area contributed by atoms with Crippen LogP contribution in [-0.4, -0.2) is 22.0 Å². The Morgan fingerprint density at radius 3 is 2.40 bits per heavy atom. The maximum atomic E-state index is 11.7. The minimum atomic E-state index is -0.911. The predicted molar refractivity (Wildman–Crippen MR) is 58.4 cm³/mol. The first-order valence-electron chi connectivity index (χ1n) is 5.01.